The van der Waals surface area contributed by atoms with Crippen LogP contribution in [-0.2, 0) is 14.6 Å². The lowest BCUT2D eigenvalue weighted by atomic mass is 10.0. The van der Waals surface area contributed by atoms with Gasteiger partial charge in [-0.2, -0.15) is 0 Å². The molecule has 0 spiro atoms. The molecule has 1 fully saturated rings. The van der Waals surface area contributed by atoms with E-state index in [4.69, 9.17) is 4.74 Å². The molecule has 1 aliphatic rings. The van der Waals surface area contributed by atoms with Crippen molar-refractivity contribution in [1.82, 2.24) is 0 Å². The molecular formula is C14H18O3S. The largest absolute Gasteiger partial charge is 0.378 e. The van der Waals surface area contributed by atoms with E-state index in [0.717, 1.165) is 12.8 Å². The number of hydrogen-bond acceptors (Lipinski definition) is 3. The summed E-state index contributed by atoms with van der Waals surface area (Å²) in [5, 5.41) is 0. The van der Waals surface area contributed by atoms with Crippen molar-refractivity contribution in [2.24, 2.45) is 5.92 Å². The molecule has 1 saturated heterocycles. The van der Waals surface area contributed by atoms with E-state index in [1.807, 2.05) is 6.07 Å². The van der Waals surface area contributed by atoms with Gasteiger partial charge >= 0.3 is 0 Å². The van der Waals surface area contributed by atoms with Crippen molar-refractivity contribution in [3.05, 3.63) is 43.0 Å². The van der Waals surface area contributed by atoms with Crippen molar-refractivity contribution in [3.63, 3.8) is 0 Å². The van der Waals surface area contributed by atoms with Crippen molar-refractivity contribution in [1.29, 1.82) is 0 Å². The highest BCUT2D eigenvalue weighted by Gasteiger charge is 2.31. The second kappa shape index (κ2) is 5.67. The van der Waals surface area contributed by atoms with E-state index in [2.05, 4.69) is 6.58 Å². The third-order valence-corrected chi connectivity index (χ3v) is 5.14. The van der Waals surface area contributed by atoms with Crippen LogP contribution in [0.2, 0.25) is 0 Å². The molecule has 18 heavy (non-hydrogen) atoms. The van der Waals surface area contributed by atoms with Gasteiger partial charge in [0.05, 0.1) is 16.8 Å². The monoisotopic (exact) mass is 266 g/mol. The summed E-state index contributed by atoms with van der Waals surface area (Å²) < 4.78 is 30.1. The van der Waals surface area contributed by atoms with Gasteiger partial charge in [0.2, 0.25) is 0 Å². The SMILES string of the molecule is C=CC[C@@H]1OCCC1CS(=O)(=O)c1ccccc1. The zero-order chi connectivity index (χ0) is 13.0. The van der Waals surface area contributed by atoms with Crippen molar-refractivity contribution in [2.75, 3.05) is 12.4 Å². The number of hydrogen-bond donors (Lipinski definition) is 0. The molecule has 98 valence electrons. The van der Waals surface area contributed by atoms with Crippen molar-refractivity contribution < 1.29 is 13.2 Å². The number of rotatable bonds is 5. The van der Waals surface area contributed by atoms with E-state index in [0.29, 0.717) is 11.5 Å². The molecule has 0 bridgehead atoms. The van der Waals surface area contributed by atoms with Gasteiger partial charge < -0.3 is 4.74 Å². The molecule has 1 heterocycles. The Bertz CT molecular complexity index is 493. The molecule has 0 aromatic heterocycles. The fraction of sp³-hybridized carbons (Fsp3) is 0.429. The molecule has 1 unspecified atom stereocenters. The molecule has 3 nitrogen and oxygen atoms in total. The van der Waals surface area contributed by atoms with E-state index >= 15 is 0 Å². The van der Waals surface area contributed by atoms with Crippen LogP contribution in [0.15, 0.2) is 47.9 Å². The maximum absolute atomic E-state index is 12.3. The second-order valence-electron chi connectivity index (χ2n) is 4.58. The lowest BCUT2D eigenvalue weighted by Crippen LogP contribution is -2.24. The molecule has 2 rings (SSSR count). The van der Waals surface area contributed by atoms with Crippen LogP contribution >= 0.6 is 0 Å². The van der Waals surface area contributed by atoms with E-state index in [1.54, 1.807) is 30.3 Å². The fourth-order valence-corrected chi connectivity index (χ4v) is 4.02. The Hall–Kier alpha value is -1.13. The zero-order valence-corrected chi connectivity index (χ0v) is 11.1. The van der Waals surface area contributed by atoms with Crippen LogP contribution in [0.4, 0.5) is 0 Å². The summed E-state index contributed by atoms with van der Waals surface area (Å²) in [6.07, 6.45) is 3.32. The first kappa shape index (κ1) is 13.3. The summed E-state index contributed by atoms with van der Waals surface area (Å²) >= 11 is 0. The lowest BCUT2D eigenvalue weighted by Gasteiger charge is -2.16. The summed E-state index contributed by atoms with van der Waals surface area (Å²) in [7, 11) is -3.21. The minimum Gasteiger partial charge on any atom is -0.378 e. The Morgan fingerprint density at radius 1 is 1.33 bits per heavy atom. The minimum atomic E-state index is -3.21. The van der Waals surface area contributed by atoms with Gasteiger partial charge in [0, 0.05) is 12.5 Å². The Balaban J connectivity index is 2.11. The summed E-state index contributed by atoms with van der Waals surface area (Å²) in [5.41, 5.74) is 0. The highest BCUT2D eigenvalue weighted by molar-refractivity contribution is 7.91. The topological polar surface area (TPSA) is 43.4 Å². The first-order valence-corrected chi connectivity index (χ1v) is 7.79. The third-order valence-electron chi connectivity index (χ3n) is 3.28. The molecule has 4 heteroatoms. The molecule has 1 aromatic carbocycles. The molecular weight excluding hydrogens is 248 g/mol. The van der Waals surface area contributed by atoms with Crippen LogP contribution in [0, 0.1) is 5.92 Å². The van der Waals surface area contributed by atoms with Gasteiger partial charge in [-0.15, -0.1) is 6.58 Å². The van der Waals surface area contributed by atoms with E-state index in [9.17, 15) is 8.42 Å². The molecule has 2 atom stereocenters. The Labute approximate surface area is 108 Å². The average molecular weight is 266 g/mol. The van der Waals surface area contributed by atoms with Crippen LogP contribution in [0.1, 0.15) is 12.8 Å². The Kier molecular flexibility index (Phi) is 4.19. The maximum atomic E-state index is 12.3. The quantitative estimate of drug-likeness (QED) is 0.769. The summed E-state index contributed by atoms with van der Waals surface area (Å²) in [5.74, 6) is 0.239. The van der Waals surface area contributed by atoms with Crippen LogP contribution < -0.4 is 0 Å². The smallest absolute Gasteiger partial charge is 0.178 e. The lowest BCUT2D eigenvalue weighted by molar-refractivity contribution is 0.0971. The van der Waals surface area contributed by atoms with Crippen molar-refractivity contribution in [2.45, 2.75) is 23.8 Å². The third kappa shape index (κ3) is 3.00. The predicted molar refractivity (Wildman–Crippen MR) is 71.2 cm³/mol. The van der Waals surface area contributed by atoms with Crippen LogP contribution in [0.3, 0.4) is 0 Å². The van der Waals surface area contributed by atoms with Gasteiger partial charge in [-0.05, 0) is 25.0 Å². The summed E-state index contributed by atoms with van der Waals surface area (Å²) in [6, 6.07) is 8.61. The highest BCUT2D eigenvalue weighted by Crippen LogP contribution is 2.27. The molecule has 1 aliphatic heterocycles. The van der Waals surface area contributed by atoms with Gasteiger partial charge in [-0.25, -0.2) is 8.42 Å². The molecule has 0 aliphatic carbocycles. The van der Waals surface area contributed by atoms with Gasteiger partial charge in [0.1, 0.15) is 0 Å². The van der Waals surface area contributed by atoms with Gasteiger partial charge in [-0.3, -0.25) is 0 Å². The highest BCUT2D eigenvalue weighted by atomic mass is 32.2. The normalized spacial score (nSPS) is 24.0. The second-order valence-corrected chi connectivity index (χ2v) is 6.61. The fourth-order valence-electron chi connectivity index (χ4n) is 2.31. The van der Waals surface area contributed by atoms with Crippen LogP contribution in [-0.4, -0.2) is 26.9 Å². The van der Waals surface area contributed by atoms with Crippen molar-refractivity contribution in [3.8, 4) is 0 Å². The number of sulfone groups is 1. The van der Waals surface area contributed by atoms with E-state index < -0.39 is 9.84 Å². The van der Waals surface area contributed by atoms with Crippen LogP contribution in [0.25, 0.3) is 0 Å². The first-order valence-electron chi connectivity index (χ1n) is 6.14. The molecule has 0 saturated carbocycles. The van der Waals surface area contributed by atoms with E-state index in [1.165, 1.54) is 0 Å². The number of ether oxygens (including phenoxy) is 1. The first-order chi connectivity index (χ1) is 8.63. The minimum absolute atomic E-state index is 0.000914. The predicted octanol–water partition coefficient (Wildman–Crippen LogP) is 2.44. The zero-order valence-electron chi connectivity index (χ0n) is 10.3. The standard InChI is InChI=1S/C14H18O3S/c1-2-6-14-12(9-10-17-14)11-18(15,16)13-7-4-3-5-8-13/h2-5,7-8,12,14H,1,6,9-11H2/t12?,14-/m0/s1. The van der Waals surface area contributed by atoms with Gasteiger partial charge in [0.15, 0.2) is 9.84 Å². The van der Waals surface area contributed by atoms with Crippen LogP contribution in [0.5, 0.6) is 0 Å². The van der Waals surface area contributed by atoms with E-state index in [-0.39, 0.29) is 17.8 Å². The maximum Gasteiger partial charge on any atom is 0.178 e. The van der Waals surface area contributed by atoms with Crippen molar-refractivity contribution >= 4 is 9.84 Å². The molecule has 1 aromatic rings. The molecule has 0 N–H and O–H groups in total. The summed E-state index contributed by atoms with van der Waals surface area (Å²) in [6.45, 7) is 4.33. The summed E-state index contributed by atoms with van der Waals surface area (Å²) in [4.78, 5) is 0.397. The Morgan fingerprint density at radius 2 is 2.06 bits per heavy atom. The molecule has 0 radical (unpaired) electrons. The Morgan fingerprint density at radius 3 is 2.72 bits per heavy atom. The van der Waals surface area contributed by atoms with Gasteiger partial charge in [0.25, 0.3) is 0 Å². The van der Waals surface area contributed by atoms with Gasteiger partial charge in [-0.1, -0.05) is 24.3 Å². The molecule has 0 amide bonds. The average Bonchev–Trinajstić information content (AvgIpc) is 2.78. The number of benzene rings is 1.